The molecule has 0 aliphatic heterocycles. The summed E-state index contributed by atoms with van der Waals surface area (Å²) in [5, 5.41) is 0. The molecule has 142 valence electrons. The summed E-state index contributed by atoms with van der Waals surface area (Å²) in [6.45, 7) is 2.15. The van der Waals surface area contributed by atoms with E-state index in [2.05, 4.69) is 56.0 Å². The van der Waals surface area contributed by atoms with E-state index in [1.807, 2.05) is 24.9 Å². The molecule has 0 saturated heterocycles. The van der Waals surface area contributed by atoms with Gasteiger partial charge in [0, 0.05) is 43.8 Å². The highest BCUT2D eigenvalue weighted by molar-refractivity contribution is 5.79. The number of aryl methyl sites for hydroxylation is 2. The molecule has 0 unspecified atom stereocenters. The molecule has 0 N–H and O–H groups in total. The second-order valence-corrected chi connectivity index (χ2v) is 6.60. The number of pyridine rings is 1. The number of fused-ring (bicyclic) bond motifs is 1. The number of nitrogens with zero attached hydrogens (tertiary/aromatic N) is 6. The van der Waals surface area contributed by atoms with Crippen molar-refractivity contribution in [2.45, 2.75) is 13.3 Å². The summed E-state index contributed by atoms with van der Waals surface area (Å²) in [6, 6.07) is 8.81. The second-order valence-electron chi connectivity index (χ2n) is 6.60. The summed E-state index contributed by atoms with van der Waals surface area (Å²) in [5.74, 6) is 0.881. The normalized spacial score (nSPS) is 11.0. The van der Waals surface area contributed by atoms with Crippen LogP contribution in [0.3, 0.4) is 0 Å². The van der Waals surface area contributed by atoms with Crippen molar-refractivity contribution in [3.63, 3.8) is 0 Å². The van der Waals surface area contributed by atoms with Crippen molar-refractivity contribution in [3.05, 3.63) is 54.7 Å². The van der Waals surface area contributed by atoms with Gasteiger partial charge in [0.15, 0.2) is 0 Å². The van der Waals surface area contributed by atoms with Crippen molar-refractivity contribution in [1.82, 2.24) is 24.5 Å². The van der Waals surface area contributed by atoms with Crippen LogP contribution in [0, 0.1) is 0 Å². The first-order valence-corrected chi connectivity index (χ1v) is 9.11. The van der Waals surface area contributed by atoms with Crippen molar-refractivity contribution in [2.75, 3.05) is 19.1 Å². The minimum absolute atomic E-state index is 0.368. The van der Waals surface area contributed by atoms with E-state index in [-0.39, 0.29) is 0 Å². The molecule has 0 aliphatic rings. The fourth-order valence-electron chi connectivity index (χ4n) is 3.27. The molecule has 0 fully saturated rings. The Morgan fingerprint density at radius 1 is 1.00 bits per heavy atom. The van der Waals surface area contributed by atoms with Crippen LogP contribution in [0.15, 0.2) is 49.2 Å². The lowest BCUT2D eigenvalue weighted by molar-refractivity contribution is 0.380. The zero-order valence-electron chi connectivity index (χ0n) is 16.4. The minimum atomic E-state index is 0.368. The Hall–Kier alpha value is -3.48. The quantitative estimate of drug-likeness (QED) is 0.530. The Morgan fingerprint density at radius 2 is 1.79 bits per heavy atom. The van der Waals surface area contributed by atoms with Gasteiger partial charge in [0.1, 0.15) is 11.3 Å². The van der Waals surface area contributed by atoms with Crippen LogP contribution in [-0.4, -0.2) is 38.7 Å². The van der Waals surface area contributed by atoms with E-state index in [0.717, 1.165) is 40.1 Å². The van der Waals surface area contributed by atoms with Crippen LogP contribution in [0.1, 0.15) is 12.5 Å². The van der Waals surface area contributed by atoms with Crippen LogP contribution in [0.2, 0.25) is 0 Å². The number of methoxy groups -OCH3 is 1. The van der Waals surface area contributed by atoms with Gasteiger partial charge in [-0.1, -0.05) is 13.0 Å². The van der Waals surface area contributed by atoms with E-state index in [1.54, 1.807) is 25.8 Å². The molecule has 0 amide bonds. The third kappa shape index (κ3) is 3.15. The van der Waals surface area contributed by atoms with Crippen molar-refractivity contribution in [3.8, 4) is 17.1 Å². The maximum Gasteiger partial charge on any atom is 0.316 e. The number of hydrogen-bond acceptors (Lipinski definition) is 6. The van der Waals surface area contributed by atoms with Gasteiger partial charge in [-0.15, -0.1) is 0 Å². The average molecular weight is 374 g/mol. The van der Waals surface area contributed by atoms with Gasteiger partial charge in [-0.3, -0.25) is 0 Å². The molecule has 4 aromatic rings. The van der Waals surface area contributed by atoms with E-state index in [0.29, 0.717) is 6.01 Å². The van der Waals surface area contributed by atoms with Crippen LogP contribution in [0.4, 0.5) is 11.5 Å². The second kappa shape index (κ2) is 7.26. The van der Waals surface area contributed by atoms with E-state index in [1.165, 1.54) is 5.56 Å². The molecule has 7 nitrogen and oxygen atoms in total. The molecule has 0 spiro atoms. The maximum atomic E-state index is 5.04. The van der Waals surface area contributed by atoms with E-state index in [9.17, 15) is 0 Å². The van der Waals surface area contributed by atoms with Crippen molar-refractivity contribution in [2.24, 2.45) is 7.05 Å². The van der Waals surface area contributed by atoms with Crippen molar-refractivity contribution in [1.29, 1.82) is 0 Å². The Labute approximate surface area is 163 Å². The monoisotopic (exact) mass is 374 g/mol. The molecule has 1 aromatic carbocycles. The zero-order valence-corrected chi connectivity index (χ0v) is 16.4. The third-order valence-corrected chi connectivity index (χ3v) is 4.91. The lowest BCUT2D eigenvalue weighted by Gasteiger charge is -2.22. The number of rotatable bonds is 5. The molecule has 0 atom stereocenters. The summed E-state index contributed by atoms with van der Waals surface area (Å²) in [5.41, 5.74) is 6.33. The number of hydrogen-bond donors (Lipinski definition) is 0. The highest BCUT2D eigenvalue weighted by atomic mass is 16.5. The molecular formula is C21H22N6O. The lowest BCUT2D eigenvalue weighted by Crippen LogP contribution is -2.13. The van der Waals surface area contributed by atoms with Crippen molar-refractivity contribution >= 4 is 22.5 Å². The SMILES string of the molecule is CCc1cc(-c2cnc(OC)nc2)ccc1N(C)c1cc2c(cn1)ncn2C. The van der Waals surface area contributed by atoms with Gasteiger partial charge >= 0.3 is 6.01 Å². The molecule has 7 heteroatoms. The van der Waals surface area contributed by atoms with Crippen LogP contribution in [0.25, 0.3) is 22.2 Å². The van der Waals surface area contributed by atoms with Gasteiger partial charge in [0.2, 0.25) is 0 Å². The van der Waals surface area contributed by atoms with Crippen LogP contribution < -0.4 is 9.64 Å². The standard InChI is InChI=1S/C21H22N6O/c1-5-14-8-15(16-10-23-21(28-4)24-11-16)6-7-18(14)27(3)20-9-19-17(12-22-20)25-13-26(19)2/h6-13H,5H2,1-4H3. The first-order chi connectivity index (χ1) is 13.6. The van der Waals surface area contributed by atoms with Gasteiger partial charge in [0.25, 0.3) is 0 Å². The molecule has 0 saturated carbocycles. The summed E-state index contributed by atoms with van der Waals surface area (Å²) < 4.78 is 7.04. The zero-order chi connectivity index (χ0) is 19.7. The molecule has 0 radical (unpaired) electrons. The Balaban J connectivity index is 1.70. The van der Waals surface area contributed by atoms with Gasteiger partial charge in [0.05, 0.1) is 25.2 Å². The number of imidazole rings is 1. The fraction of sp³-hybridized carbons (Fsp3) is 0.238. The van der Waals surface area contributed by atoms with E-state index >= 15 is 0 Å². The Kier molecular flexibility index (Phi) is 4.65. The van der Waals surface area contributed by atoms with Crippen molar-refractivity contribution < 1.29 is 4.74 Å². The van der Waals surface area contributed by atoms with E-state index in [4.69, 9.17) is 4.74 Å². The summed E-state index contributed by atoms with van der Waals surface area (Å²) in [6.07, 6.45) is 8.08. The van der Waals surface area contributed by atoms with Gasteiger partial charge in [-0.2, -0.15) is 0 Å². The van der Waals surface area contributed by atoms with Crippen LogP contribution in [0.5, 0.6) is 6.01 Å². The molecule has 0 bridgehead atoms. The maximum absolute atomic E-state index is 5.04. The number of benzene rings is 1. The lowest BCUT2D eigenvalue weighted by atomic mass is 10.0. The Bertz CT molecular complexity index is 1120. The van der Waals surface area contributed by atoms with Gasteiger partial charge < -0.3 is 14.2 Å². The molecule has 28 heavy (non-hydrogen) atoms. The minimum Gasteiger partial charge on any atom is -0.467 e. The summed E-state index contributed by atoms with van der Waals surface area (Å²) in [4.78, 5) is 19.5. The molecule has 3 aromatic heterocycles. The third-order valence-electron chi connectivity index (χ3n) is 4.91. The number of ether oxygens (including phenoxy) is 1. The highest BCUT2D eigenvalue weighted by Crippen LogP contribution is 2.31. The largest absolute Gasteiger partial charge is 0.467 e. The van der Waals surface area contributed by atoms with Crippen LogP contribution in [-0.2, 0) is 13.5 Å². The predicted molar refractivity (Wildman–Crippen MR) is 110 cm³/mol. The first-order valence-electron chi connectivity index (χ1n) is 9.11. The predicted octanol–water partition coefficient (Wildman–Crippen LogP) is 3.76. The van der Waals surface area contributed by atoms with E-state index < -0.39 is 0 Å². The average Bonchev–Trinajstić information content (AvgIpc) is 3.13. The molecular weight excluding hydrogens is 352 g/mol. The fourth-order valence-corrected chi connectivity index (χ4v) is 3.27. The summed E-state index contributed by atoms with van der Waals surface area (Å²) >= 11 is 0. The highest BCUT2D eigenvalue weighted by Gasteiger charge is 2.13. The first kappa shape index (κ1) is 17.9. The Morgan fingerprint density at radius 3 is 2.50 bits per heavy atom. The van der Waals surface area contributed by atoms with Crippen LogP contribution >= 0.6 is 0 Å². The summed E-state index contributed by atoms with van der Waals surface area (Å²) in [7, 11) is 5.59. The van der Waals surface area contributed by atoms with Gasteiger partial charge in [-0.05, 0) is 29.7 Å². The smallest absolute Gasteiger partial charge is 0.316 e. The topological polar surface area (TPSA) is 69.0 Å². The number of anilines is 2. The molecule has 4 rings (SSSR count). The molecule has 3 heterocycles. The molecule has 0 aliphatic carbocycles. The number of aromatic nitrogens is 5. The van der Waals surface area contributed by atoms with Gasteiger partial charge in [-0.25, -0.2) is 19.9 Å².